The molecule has 1 unspecified atom stereocenters. The molecule has 0 saturated heterocycles. The van der Waals surface area contributed by atoms with Gasteiger partial charge in [-0.2, -0.15) is 0 Å². The lowest BCUT2D eigenvalue weighted by molar-refractivity contribution is 0.205. The molecule has 1 heterocycles. The summed E-state index contributed by atoms with van der Waals surface area (Å²) in [5, 5.41) is 3.02. The highest BCUT2D eigenvalue weighted by Gasteiger charge is 2.26. The third-order valence-corrected chi connectivity index (χ3v) is 3.34. The van der Waals surface area contributed by atoms with E-state index in [1.54, 1.807) is 0 Å². The molecule has 0 saturated carbocycles. The van der Waals surface area contributed by atoms with Crippen LogP contribution in [0.25, 0.3) is 0 Å². The van der Waals surface area contributed by atoms with E-state index in [1.165, 1.54) is 12.1 Å². The van der Waals surface area contributed by atoms with Gasteiger partial charge in [0.2, 0.25) is 0 Å². The average Bonchev–Trinajstić information content (AvgIpc) is 2.38. The van der Waals surface area contributed by atoms with E-state index in [-0.39, 0.29) is 22.9 Å². The standard InChI is InChI=1S/C14H9ClF3NO/c15-10-3-8(17)5-12-14(10)20-13(6-19-12)9-2-1-7(16)4-11(9)18/h1-5,13,19H,6H2. The molecule has 0 spiro atoms. The minimum Gasteiger partial charge on any atom is -0.480 e. The first-order chi connectivity index (χ1) is 9.54. The normalized spacial score (nSPS) is 17.1. The zero-order chi connectivity index (χ0) is 14.3. The highest BCUT2D eigenvalue weighted by atomic mass is 35.5. The molecular formula is C14H9ClF3NO. The van der Waals surface area contributed by atoms with Crippen molar-refractivity contribution in [1.82, 2.24) is 0 Å². The number of anilines is 1. The van der Waals surface area contributed by atoms with Gasteiger partial charge < -0.3 is 10.1 Å². The maximum absolute atomic E-state index is 13.7. The number of ether oxygens (including phenoxy) is 1. The minimum atomic E-state index is -0.696. The molecule has 1 aliphatic rings. The van der Waals surface area contributed by atoms with E-state index in [4.69, 9.17) is 16.3 Å². The second kappa shape index (κ2) is 4.90. The minimum absolute atomic E-state index is 0.0970. The van der Waals surface area contributed by atoms with Crippen LogP contribution in [-0.2, 0) is 0 Å². The van der Waals surface area contributed by atoms with Gasteiger partial charge in [0.25, 0.3) is 0 Å². The van der Waals surface area contributed by atoms with Crippen molar-refractivity contribution >= 4 is 17.3 Å². The number of benzene rings is 2. The van der Waals surface area contributed by atoms with Crippen molar-refractivity contribution in [2.75, 3.05) is 11.9 Å². The fraction of sp³-hybridized carbons (Fsp3) is 0.143. The van der Waals surface area contributed by atoms with Gasteiger partial charge in [0.15, 0.2) is 5.75 Å². The number of halogens is 4. The Bertz CT molecular complexity index is 678. The van der Waals surface area contributed by atoms with Crippen LogP contribution in [0, 0.1) is 17.5 Å². The van der Waals surface area contributed by atoms with Gasteiger partial charge in [-0.25, -0.2) is 13.2 Å². The Labute approximate surface area is 118 Å². The van der Waals surface area contributed by atoms with Gasteiger partial charge in [0.1, 0.15) is 23.6 Å². The van der Waals surface area contributed by atoms with E-state index in [0.717, 1.165) is 18.2 Å². The lowest BCUT2D eigenvalue weighted by Gasteiger charge is -2.28. The van der Waals surface area contributed by atoms with Crippen molar-refractivity contribution in [3.63, 3.8) is 0 Å². The summed E-state index contributed by atoms with van der Waals surface area (Å²) in [5.74, 6) is -1.58. The summed E-state index contributed by atoms with van der Waals surface area (Å²) in [6, 6.07) is 5.63. The Morgan fingerprint density at radius 1 is 1.10 bits per heavy atom. The van der Waals surface area contributed by atoms with Crippen molar-refractivity contribution in [2.45, 2.75) is 6.10 Å². The first-order valence-corrected chi connectivity index (χ1v) is 6.27. The second-order valence-electron chi connectivity index (χ2n) is 4.42. The first-order valence-electron chi connectivity index (χ1n) is 5.89. The highest BCUT2D eigenvalue weighted by Crippen LogP contribution is 2.40. The lowest BCUT2D eigenvalue weighted by atomic mass is 10.1. The van der Waals surface area contributed by atoms with Gasteiger partial charge in [0, 0.05) is 17.7 Å². The van der Waals surface area contributed by atoms with Crippen LogP contribution in [0.1, 0.15) is 11.7 Å². The summed E-state index contributed by atoms with van der Waals surface area (Å²) in [5.41, 5.74) is 0.624. The van der Waals surface area contributed by atoms with Crippen LogP contribution in [0.4, 0.5) is 18.9 Å². The van der Waals surface area contributed by atoms with Crippen LogP contribution < -0.4 is 10.1 Å². The predicted octanol–water partition coefficient (Wildman–Crippen LogP) is 4.30. The van der Waals surface area contributed by atoms with Gasteiger partial charge >= 0.3 is 0 Å². The summed E-state index contributed by atoms with van der Waals surface area (Å²) in [4.78, 5) is 0. The molecule has 0 aliphatic carbocycles. The molecule has 2 nitrogen and oxygen atoms in total. The molecule has 0 amide bonds. The number of nitrogens with one attached hydrogen (secondary N) is 1. The Kier molecular flexibility index (Phi) is 3.22. The predicted molar refractivity (Wildman–Crippen MR) is 69.6 cm³/mol. The first kappa shape index (κ1) is 13.1. The fourth-order valence-corrected chi connectivity index (χ4v) is 2.38. The molecule has 2 aromatic rings. The van der Waals surface area contributed by atoms with Crippen LogP contribution in [0.3, 0.4) is 0 Å². The summed E-state index contributed by atoms with van der Waals surface area (Å²) >= 11 is 5.91. The van der Waals surface area contributed by atoms with E-state index < -0.39 is 23.6 Å². The molecule has 6 heteroatoms. The number of hydrogen-bond donors (Lipinski definition) is 1. The van der Waals surface area contributed by atoms with Crippen molar-refractivity contribution in [3.8, 4) is 5.75 Å². The van der Waals surface area contributed by atoms with Gasteiger partial charge in [0.05, 0.1) is 17.3 Å². The van der Waals surface area contributed by atoms with E-state index in [1.807, 2.05) is 0 Å². The maximum atomic E-state index is 13.7. The van der Waals surface area contributed by atoms with Crippen LogP contribution in [0.5, 0.6) is 5.75 Å². The summed E-state index contributed by atoms with van der Waals surface area (Å²) in [6.07, 6.45) is -0.661. The van der Waals surface area contributed by atoms with Crippen LogP contribution >= 0.6 is 11.6 Å². The molecular weight excluding hydrogens is 291 g/mol. The van der Waals surface area contributed by atoms with Crippen LogP contribution in [-0.4, -0.2) is 6.54 Å². The van der Waals surface area contributed by atoms with Crippen LogP contribution in [0.15, 0.2) is 30.3 Å². The molecule has 2 aromatic carbocycles. The molecule has 3 rings (SSSR count). The Morgan fingerprint density at radius 2 is 1.90 bits per heavy atom. The fourth-order valence-electron chi connectivity index (χ4n) is 2.13. The molecule has 1 atom stereocenters. The zero-order valence-corrected chi connectivity index (χ0v) is 10.8. The second-order valence-corrected chi connectivity index (χ2v) is 4.82. The Hall–Kier alpha value is -1.88. The SMILES string of the molecule is Fc1ccc(C2CNc3cc(F)cc(Cl)c3O2)c(F)c1. The van der Waals surface area contributed by atoms with E-state index in [2.05, 4.69) is 5.32 Å². The van der Waals surface area contributed by atoms with Gasteiger partial charge in [-0.3, -0.25) is 0 Å². The van der Waals surface area contributed by atoms with Gasteiger partial charge in [-0.1, -0.05) is 11.6 Å². The molecule has 20 heavy (non-hydrogen) atoms. The lowest BCUT2D eigenvalue weighted by Crippen LogP contribution is -2.24. The van der Waals surface area contributed by atoms with Crippen molar-refractivity contribution < 1.29 is 17.9 Å². The average molecular weight is 300 g/mol. The summed E-state index contributed by atoms with van der Waals surface area (Å²) in [7, 11) is 0. The number of fused-ring (bicyclic) bond motifs is 1. The highest BCUT2D eigenvalue weighted by molar-refractivity contribution is 6.32. The largest absolute Gasteiger partial charge is 0.480 e. The molecule has 1 N–H and O–H groups in total. The van der Waals surface area contributed by atoms with Crippen molar-refractivity contribution in [1.29, 1.82) is 0 Å². The van der Waals surface area contributed by atoms with Crippen molar-refractivity contribution in [3.05, 3.63) is 58.4 Å². The number of hydrogen-bond acceptors (Lipinski definition) is 2. The molecule has 0 aromatic heterocycles. The Morgan fingerprint density at radius 3 is 2.65 bits per heavy atom. The molecule has 0 radical (unpaired) electrons. The molecule has 1 aliphatic heterocycles. The van der Waals surface area contributed by atoms with E-state index >= 15 is 0 Å². The quantitative estimate of drug-likeness (QED) is 0.847. The van der Waals surface area contributed by atoms with Crippen LogP contribution in [0.2, 0.25) is 5.02 Å². The molecule has 104 valence electrons. The van der Waals surface area contributed by atoms with E-state index in [0.29, 0.717) is 5.69 Å². The third kappa shape index (κ3) is 2.29. The monoisotopic (exact) mass is 299 g/mol. The molecule has 0 fully saturated rings. The smallest absolute Gasteiger partial charge is 0.162 e. The Balaban J connectivity index is 1.96. The van der Waals surface area contributed by atoms with Crippen molar-refractivity contribution in [2.24, 2.45) is 0 Å². The van der Waals surface area contributed by atoms with E-state index in [9.17, 15) is 13.2 Å². The topological polar surface area (TPSA) is 21.3 Å². The third-order valence-electron chi connectivity index (χ3n) is 3.06. The van der Waals surface area contributed by atoms with Gasteiger partial charge in [-0.15, -0.1) is 0 Å². The maximum Gasteiger partial charge on any atom is 0.162 e. The van der Waals surface area contributed by atoms with Gasteiger partial charge in [-0.05, 0) is 18.2 Å². The summed E-state index contributed by atoms with van der Waals surface area (Å²) in [6.45, 7) is 0.231. The summed E-state index contributed by atoms with van der Waals surface area (Å²) < 4.78 is 45.4. The number of rotatable bonds is 1. The molecule has 0 bridgehead atoms. The zero-order valence-electron chi connectivity index (χ0n) is 10.1.